The van der Waals surface area contributed by atoms with Crippen LogP contribution in [0.1, 0.15) is 10.1 Å². The van der Waals surface area contributed by atoms with Crippen molar-refractivity contribution in [1.29, 1.82) is 0 Å². The highest BCUT2D eigenvalue weighted by Crippen LogP contribution is 2.45. The lowest BCUT2D eigenvalue weighted by Gasteiger charge is -2.21. The minimum Gasteiger partial charge on any atom is -0.218 e. The zero-order chi connectivity index (χ0) is 19.3. The van der Waals surface area contributed by atoms with Gasteiger partial charge in [0.25, 0.3) is 19.7 Å². The topological polar surface area (TPSA) is 68.3 Å². The van der Waals surface area contributed by atoms with Crippen molar-refractivity contribution in [2.24, 2.45) is 0 Å². The van der Waals surface area contributed by atoms with Gasteiger partial charge < -0.3 is 0 Å². The van der Waals surface area contributed by atoms with E-state index in [1.54, 1.807) is 0 Å². The van der Waals surface area contributed by atoms with Crippen LogP contribution in [0.2, 0.25) is 0 Å². The monoisotopic (exact) mass is 406 g/mol. The first-order valence-electron chi connectivity index (χ1n) is 6.28. The van der Waals surface area contributed by atoms with Crippen LogP contribution < -0.4 is 0 Å². The summed E-state index contributed by atoms with van der Waals surface area (Å²) in [5.74, 6) is 0. The summed E-state index contributed by atoms with van der Waals surface area (Å²) < 4.78 is 119. The lowest BCUT2D eigenvalue weighted by atomic mass is 10.1. The van der Waals surface area contributed by atoms with Gasteiger partial charge in [0.1, 0.15) is 0 Å². The maximum atomic E-state index is 12.8. The Hall–Kier alpha value is -1.82. The fourth-order valence-corrected chi connectivity index (χ4v) is 5.61. The van der Waals surface area contributed by atoms with E-state index in [0.717, 1.165) is 6.07 Å². The van der Waals surface area contributed by atoms with Crippen LogP contribution in [0.3, 0.4) is 0 Å². The van der Waals surface area contributed by atoms with Crippen molar-refractivity contribution >= 4 is 30.4 Å². The summed E-state index contributed by atoms with van der Waals surface area (Å²) in [6.07, 6.45) is 0. The van der Waals surface area contributed by atoms with Crippen molar-refractivity contribution < 1.29 is 43.2 Å². The third-order valence-corrected chi connectivity index (χ3v) is 7.74. The van der Waals surface area contributed by atoms with Gasteiger partial charge in [-0.2, -0.15) is 26.3 Å². The number of rotatable bonds is 3. The number of alkyl halides is 6. The molecule has 0 aliphatic heterocycles. The zero-order valence-electron chi connectivity index (χ0n) is 11.8. The van der Waals surface area contributed by atoms with Crippen molar-refractivity contribution in [3.05, 3.63) is 48.0 Å². The molecule has 0 N–H and O–H groups in total. The number of hydrogen-bond donors (Lipinski definition) is 0. The van der Waals surface area contributed by atoms with Crippen molar-refractivity contribution in [2.45, 2.75) is 15.6 Å². The molecule has 0 heterocycles. The second-order valence-corrected chi connectivity index (χ2v) is 9.27. The highest BCUT2D eigenvalue weighted by Gasteiger charge is 2.63. The quantitative estimate of drug-likeness (QED) is 0.729. The van der Waals surface area contributed by atoms with Crippen LogP contribution in [0.15, 0.2) is 42.5 Å². The number of fused-ring (bicyclic) bond motifs is 1. The van der Waals surface area contributed by atoms with E-state index in [0.29, 0.717) is 17.5 Å². The summed E-state index contributed by atoms with van der Waals surface area (Å²) in [5, 5.41) is 0.457. The van der Waals surface area contributed by atoms with Crippen LogP contribution in [0.5, 0.6) is 0 Å². The van der Waals surface area contributed by atoms with Gasteiger partial charge >= 0.3 is 11.0 Å². The molecule has 0 aliphatic rings. The highest BCUT2D eigenvalue weighted by molar-refractivity contribution is 8.09. The lowest BCUT2D eigenvalue weighted by molar-refractivity contribution is -0.0472. The largest absolute Gasteiger partial charge is 0.499 e. The molecule has 2 aromatic carbocycles. The molecule has 0 unspecified atom stereocenters. The first kappa shape index (κ1) is 19.5. The lowest BCUT2D eigenvalue weighted by Crippen LogP contribution is -2.39. The number of benzene rings is 2. The van der Waals surface area contributed by atoms with Gasteiger partial charge in [-0.25, -0.2) is 16.8 Å². The van der Waals surface area contributed by atoms with E-state index in [-0.39, 0.29) is 5.39 Å². The second kappa shape index (κ2) is 5.87. The standard InChI is InChI=1S/C13H8F6O4S2/c14-12(15,16)24(20,21)11(25(22,23)13(17,18)19)10-6-5-8-3-1-2-4-9(8)7-10/h1-7,11H. The third kappa shape index (κ3) is 3.32. The van der Waals surface area contributed by atoms with E-state index in [1.807, 2.05) is 0 Å². The summed E-state index contributed by atoms with van der Waals surface area (Å²) in [6, 6.07) is 8.00. The fraction of sp³-hybridized carbons (Fsp3) is 0.231. The molecular formula is C13H8F6O4S2. The molecule has 2 aromatic rings. The number of halogens is 6. The molecule has 0 saturated heterocycles. The minimum atomic E-state index is -6.71. The van der Waals surface area contributed by atoms with Gasteiger partial charge in [0.15, 0.2) is 0 Å². The molecule has 0 radical (unpaired) electrons. The maximum Gasteiger partial charge on any atom is 0.499 e. The predicted octanol–water partition coefficient (Wildman–Crippen LogP) is 3.71. The second-order valence-electron chi connectivity index (χ2n) is 4.92. The van der Waals surface area contributed by atoms with Crippen LogP contribution in [0.25, 0.3) is 10.8 Å². The van der Waals surface area contributed by atoms with E-state index < -0.39 is 40.8 Å². The van der Waals surface area contributed by atoms with Gasteiger partial charge in [0.05, 0.1) is 0 Å². The van der Waals surface area contributed by atoms with Crippen LogP contribution >= 0.6 is 0 Å². The average molecular weight is 406 g/mol. The first-order chi connectivity index (χ1) is 11.2. The van der Waals surface area contributed by atoms with E-state index in [9.17, 15) is 43.2 Å². The summed E-state index contributed by atoms with van der Waals surface area (Å²) >= 11 is 0. The van der Waals surface area contributed by atoms with Gasteiger partial charge in [-0.1, -0.05) is 36.4 Å². The zero-order valence-corrected chi connectivity index (χ0v) is 13.5. The van der Waals surface area contributed by atoms with Gasteiger partial charge in [0.2, 0.25) is 4.58 Å². The average Bonchev–Trinajstić information content (AvgIpc) is 2.44. The van der Waals surface area contributed by atoms with Crippen LogP contribution in [0, 0.1) is 0 Å². The Kier molecular flexibility index (Phi) is 4.58. The molecule has 138 valence electrons. The molecule has 2 rings (SSSR count). The van der Waals surface area contributed by atoms with Crippen molar-refractivity contribution in [3.63, 3.8) is 0 Å². The van der Waals surface area contributed by atoms with Gasteiger partial charge in [-0.3, -0.25) is 0 Å². The van der Waals surface area contributed by atoms with Crippen LogP contribution in [-0.2, 0) is 19.7 Å². The molecule has 0 aliphatic carbocycles. The smallest absolute Gasteiger partial charge is 0.218 e. The van der Waals surface area contributed by atoms with Gasteiger partial charge in [-0.05, 0) is 22.4 Å². The van der Waals surface area contributed by atoms with E-state index in [2.05, 4.69) is 0 Å². The third-order valence-electron chi connectivity index (χ3n) is 3.25. The fourth-order valence-electron chi connectivity index (χ4n) is 2.12. The normalized spacial score (nSPS) is 14.2. The molecular weight excluding hydrogens is 398 g/mol. The molecule has 0 spiro atoms. The Balaban J connectivity index is 2.84. The Morgan fingerprint density at radius 2 is 1.12 bits per heavy atom. The SMILES string of the molecule is O=S(=O)(C(c1ccc2ccccc2c1)S(=O)(=O)C(F)(F)F)C(F)(F)F. The van der Waals surface area contributed by atoms with Crippen molar-refractivity contribution in [1.82, 2.24) is 0 Å². The maximum absolute atomic E-state index is 12.8. The number of sulfone groups is 2. The Morgan fingerprint density at radius 3 is 1.56 bits per heavy atom. The molecule has 0 amide bonds. The molecule has 0 atom stereocenters. The van der Waals surface area contributed by atoms with Crippen molar-refractivity contribution in [2.75, 3.05) is 0 Å². The van der Waals surface area contributed by atoms with E-state index in [4.69, 9.17) is 0 Å². The van der Waals surface area contributed by atoms with E-state index >= 15 is 0 Å². The van der Waals surface area contributed by atoms with Crippen LogP contribution in [-0.4, -0.2) is 27.9 Å². The van der Waals surface area contributed by atoms with Crippen molar-refractivity contribution in [3.8, 4) is 0 Å². The van der Waals surface area contributed by atoms with Crippen LogP contribution in [0.4, 0.5) is 26.3 Å². The minimum absolute atomic E-state index is 0.0831. The molecule has 0 bridgehead atoms. The summed E-state index contributed by atoms with van der Waals surface area (Å²) in [5.41, 5.74) is -13.5. The molecule has 0 aromatic heterocycles. The van der Waals surface area contributed by atoms with Gasteiger partial charge in [-0.15, -0.1) is 0 Å². The Bertz CT molecular complexity index is 963. The molecule has 12 heteroatoms. The summed E-state index contributed by atoms with van der Waals surface area (Å²) in [6.45, 7) is 0. The van der Waals surface area contributed by atoms with Gasteiger partial charge in [0, 0.05) is 0 Å². The van der Waals surface area contributed by atoms with E-state index in [1.165, 1.54) is 24.3 Å². The molecule has 0 fully saturated rings. The summed E-state index contributed by atoms with van der Waals surface area (Å²) in [7, 11) is -13.4. The molecule has 4 nitrogen and oxygen atoms in total. The first-order valence-corrected chi connectivity index (χ1v) is 9.38. The summed E-state index contributed by atoms with van der Waals surface area (Å²) in [4.78, 5) is 0. The predicted molar refractivity (Wildman–Crippen MR) is 76.6 cm³/mol. The highest BCUT2D eigenvalue weighted by atomic mass is 32.3. The molecule has 25 heavy (non-hydrogen) atoms. The Morgan fingerprint density at radius 1 is 0.680 bits per heavy atom. The Labute approximate surface area is 137 Å². The number of hydrogen-bond acceptors (Lipinski definition) is 4. The molecule has 0 saturated carbocycles.